The molecule has 0 saturated heterocycles. The SMILES string of the molecule is COc1ccc(-c2nnc(NC3CC(C)(O)C3)n3cccc23)c(OC(F)(F)F)c1. The van der Waals surface area contributed by atoms with Gasteiger partial charge in [-0.1, -0.05) is 0 Å². The van der Waals surface area contributed by atoms with Gasteiger partial charge in [-0.25, -0.2) is 0 Å². The Morgan fingerprint density at radius 2 is 2.00 bits per heavy atom. The van der Waals surface area contributed by atoms with Crippen molar-refractivity contribution in [3.63, 3.8) is 0 Å². The third-order valence-corrected chi connectivity index (χ3v) is 4.84. The van der Waals surface area contributed by atoms with Crippen molar-refractivity contribution < 1.29 is 27.8 Å². The fourth-order valence-electron chi connectivity index (χ4n) is 3.57. The summed E-state index contributed by atoms with van der Waals surface area (Å²) < 4.78 is 49.6. The molecule has 3 aromatic rings. The van der Waals surface area contributed by atoms with Gasteiger partial charge in [-0.2, -0.15) is 0 Å². The maximum absolute atomic E-state index is 12.9. The molecular weight excluding hydrogens is 389 g/mol. The predicted octanol–water partition coefficient (Wildman–Crippen LogP) is 3.63. The second kappa shape index (κ2) is 6.80. The highest BCUT2D eigenvalue weighted by Crippen LogP contribution is 2.38. The van der Waals surface area contributed by atoms with Crippen LogP contribution < -0.4 is 14.8 Å². The summed E-state index contributed by atoms with van der Waals surface area (Å²) in [6.07, 6.45) is -1.99. The number of aromatic nitrogens is 3. The maximum atomic E-state index is 12.9. The van der Waals surface area contributed by atoms with Gasteiger partial charge in [0.1, 0.15) is 17.2 Å². The van der Waals surface area contributed by atoms with E-state index in [9.17, 15) is 18.3 Å². The Balaban J connectivity index is 1.74. The number of ether oxygens (including phenoxy) is 2. The second-order valence-electron chi connectivity index (χ2n) is 7.29. The van der Waals surface area contributed by atoms with Crippen LogP contribution in [0.25, 0.3) is 16.8 Å². The molecule has 1 aromatic carbocycles. The first-order valence-corrected chi connectivity index (χ1v) is 8.92. The first-order valence-electron chi connectivity index (χ1n) is 8.92. The molecule has 7 nitrogen and oxygen atoms in total. The average molecular weight is 408 g/mol. The zero-order chi connectivity index (χ0) is 20.8. The van der Waals surface area contributed by atoms with Gasteiger partial charge in [-0.05, 0) is 44.0 Å². The summed E-state index contributed by atoms with van der Waals surface area (Å²) in [5.74, 6) is 0.244. The summed E-state index contributed by atoms with van der Waals surface area (Å²) in [5, 5.41) is 21.4. The van der Waals surface area contributed by atoms with E-state index in [-0.39, 0.29) is 23.0 Å². The number of rotatable bonds is 5. The number of hydrogen-bond donors (Lipinski definition) is 2. The van der Waals surface area contributed by atoms with E-state index in [1.54, 1.807) is 29.7 Å². The van der Waals surface area contributed by atoms with Crippen molar-refractivity contribution in [3.8, 4) is 22.8 Å². The fourth-order valence-corrected chi connectivity index (χ4v) is 3.57. The van der Waals surface area contributed by atoms with E-state index >= 15 is 0 Å². The second-order valence-corrected chi connectivity index (χ2v) is 7.29. The molecule has 1 saturated carbocycles. The van der Waals surface area contributed by atoms with Crippen molar-refractivity contribution in [2.45, 2.75) is 37.8 Å². The van der Waals surface area contributed by atoms with Crippen LogP contribution in [0.2, 0.25) is 0 Å². The molecule has 0 atom stereocenters. The molecule has 0 amide bonds. The Morgan fingerprint density at radius 1 is 1.24 bits per heavy atom. The van der Waals surface area contributed by atoms with Gasteiger partial charge in [-0.15, -0.1) is 23.4 Å². The Hall–Kier alpha value is -3.01. The van der Waals surface area contributed by atoms with Gasteiger partial charge in [-0.3, -0.25) is 4.40 Å². The average Bonchev–Trinajstić information content (AvgIpc) is 3.09. The number of nitrogens with one attached hydrogen (secondary N) is 1. The number of fused-ring (bicyclic) bond motifs is 1. The van der Waals surface area contributed by atoms with Crippen LogP contribution in [0, 0.1) is 0 Å². The third-order valence-electron chi connectivity index (χ3n) is 4.84. The zero-order valence-electron chi connectivity index (χ0n) is 15.7. The van der Waals surface area contributed by atoms with Gasteiger partial charge in [0.05, 0.1) is 18.2 Å². The minimum Gasteiger partial charge on any atom is -0.497 e. The van der Waals surface area contributed by atoms with Crippen molar-refractivity contribution in [3.05, 3.63) is 36.5 Å². The van der Waals surface area contributed by atoms with Crippen LogP contribution in [0.4, 0.5) is 19.1 Å². The van der Waals surface area contributed by atoms with Crippen LogP contribution >= 0.6 is 0 Å². The first kappa shape index (κ1) is 19.3. The zero-order valence-corrected chi connectivity index (χ0v) is 15.7. The standard InChI is InChI=1S/C19H19F3N4O3/c1-18(27)9-11(10-18)23-17-25-24-16(14-4-3-7-26(14)17)13-6-5-12(28-2)8-15(13)29-19(20,21)22/h3-8,11,27H,9-10H2,1-2H3,(H,23,25). The van der Waals surface area contributed by atoms with Crippen LogP contribution in [-0.2, 0) is 0 Å². The molecule has 1 aliphatic rings. The topological polar surface area (TPSA) is 80.9 Å². The Labute approximate surface area is 164 Å². The fraction of sp³-hybridized carbons (Fsp3) is 0.368. The highest BCUT2D eigenvalue weighted by atomic mass is 19.4. The number of nitrogens with zero attached hydrogens (tertiary/aromatic N) is 3. The van der Waals surface area contributed by atoms with Gasteiger partial charge in [0.2, 0.25) is 5.95 Å². The maximum Gasteiger partial charge on any atom is 0.573 e. The Kier molecular flexibility index (Phi) is 4.53. The molecule has 4 rings (SSSR count). The lowest BCUT2D eigenvalue weighted by Gasteiger charge is -2.41. The van der Waals surface area contributed by atoms with Crippen LogP contribution in [-0.4, -0.2) is 44.8 Å². The van der Waals surface area contributed by atoms with Crippen molar-refractivity contribution in [1.29, 1.82) is 0 Å². The summed E-state index contributed by atoms with van der Waals surface area (Å²) in [5.41, 5.74) is 0.236. The van der Waals surface area contributed by atoms with Crippen molar-refractivity contribution >= 4 is 11.5 Å². The van der Waals surface area contributed by atoms with Crippen LogP contribution in [0.5, 0.6) is 11.5 Å². The van der Waals surface area contributed by atoms with Crippen molar-refractivity contribution in [2.75, 3.05) is 12.4 Å². The molecule has 1 fully saturated rings. The number of methoxy groups -OCH3 is 1. The predicted molar refractivity (Wildman–Crippen MR) is 98.9 cm³/mol. The number of aliphatic hydroxyl groups is 1. The summed E-state index contributed by atoms with van der Waals surface area (Å²) in [6, 6.07) is 7.66. The van der Waals surface area contributed by atoms with E-state index < -0.39 is 17.7 Å². The monoisotopic (exact) mass is 408 g/mol. The summed E-state index contributed by atoms with van der Waals surface area (Å²) in [6.45, 7) is 1.76. The van der Waals surface area contributed by atoms with E-state index in [0.29, 0.717) is 24.3 Å². The van der Waals surface area contributed by atoms with Gasteiger partial charge in [0.15, 0.2) is 0 Å². The summed E-state index contributed by atoms with van der Waals surface area (Å²) >= 11 is 0. The number of hydrogen-bond acceptors (Lipinski definition) is 6. The van der Waals surface area contributed by atoms with Gasteiger partial charge >= 0.3 is 6.36 Å². The minimum atomic E-state index is -4.87. The summed E-state index contributed by atoms with van der Waals surface area (Å²) in [4.78, 5) is 0. The van der Waals surface area contributed by atoms with E-state index in [0.717, 1.165) is 6.07 Å². The molecule has 0 radical (unpaired) electrons. The van der Waals surface area contributed by atoms with E-state index in [2.05, 4.69) is 20.3 Å². The number of benzene rings is 1. The van der Waals surface area contributed by atoms with Crippen LogP contribution in [0.3, 0.4) is 0 Å². The van der Waals surface area contributed by atoms with Crippen molar-refractivity contribution in [2.24, 2.45) is 0 Å². The molecule has 0 spiro atoms. The molecule has 154 valence electrons. The molecule has 2 heterocycles. The molecule has 1 aliphatic carbocycles. The smallest absolute Gasteiger partial charge is 0.497 e. The lowest BCUT2D eigenvalue weighted by atomic mass is 9.77. The lowest BCUT2D eigenvalue weighted by molar-refractivity contribution is -0.274. The normalized spacial score (nSPS) is 21.7. The minimum absolute atomic E-state index is 0.0425. The number of alkyl halides is 3. The van der Waals surface area contributed by atoms with Gasteiger partial charge < -0.3 is 19.9 Å². The Bertz CT molecular complexity index is 1040. The number of halogens is 3. The lowest BCUT2D eigenvalue weighted by Crippen LogP contribution is -2.48. The van der Waals surface area contributed by atoms with Crippen LogP contribution in [0.1, 0.15) is 19.8 Å². The molecule has 0 unspecified atom stereocenters. The largest absolute Gasteiger partial charge is 0.573 e. The van der Waals surface area contributed by atoms with E-state index in [1.165, 1.54) is 19.2 Å². The molecule has 2 N–H and O–H groups in total. The molecule has 0 bridgehead atoms. The van der Waals surface area contributed by atoms with E-state index in [4.69, 9.17) is 4.74 Å². The van der Waals surface area contributed by atoms with E-state index in [1.807, 2.05) is 0 Å². The van der Waals surface area contributed by atoms with Crippen LogP contribution in [0.15, 0.2) is 36.5 Å². The molecule has 0 aliphatic heterocycles. The first-order chi connectivity index (χ1) is 13.6. The van der Waals surface area contributed by atoms with Gasteiger partial charge in [0.25, 0.3) is 0 Å². The highest BCUT2D eigenvalue weighted by Gasteiger charge is 2.39. The molecule has 29 heavy (non-hydrogen) atoms. The quantitative estimate of drug-likeness (QED) is 0.671. The molecule has 10 heteroatoms. The summed E-state index contributed by atoms with van der Waals surface area (Å²) in [7, 11) is 1.36. The number of anilines is 1. The van der Waals surface area contributed by atoms with Crippen molar-refractivity contribution in [1.82, 2.24) is 14.6 Å². The molecule has 2 aromatic heterocycles. The highest BCUT2D eigenvalue weighted by molar-refractivity contribution is 5.81. The molecular formula is C19H19F3N4O3. The Morgan fingerprint density at radius 3 is 2.66 bits per heavy atom. The van der Waals surface area contributed by atoms with Gasteiger partial charge in [0, 0.05) is 23.9 Å². The third kappa shape index (κ3) is 3.93.